The zero-order valence-corrected chi connectivity index (χ0v) is 18.5. The molecule has 1 unspecified atom stereocenters. The van der Waals surface area contributed by atoms with Gasteiger partial charge in [0.15, 0.2) is 5.96 Å². The van der Waals surface area contributed by atoms with E-state index >= 15 is 0 Å². The Morgan fingerprint density at radius 2 is 2.04 bits per heavy atom. The van der Waals surface area contributed by atoms with Gasteiger partial charge in [-0.05, 0) is 50.4 Å². The zero-order chi connectivity index (χ0) is 16.8. The predicted molar refractivity (Wildman–Crippen MR) is 119 cm³/mol. The van der Waals surface area contributed by atoms with Crippen molar-refractivity contribution in [1.29, 1.82) is 0 Å². The number of halogens is 1. The number of likely N-dealkylation sites (tertiary alicyclic amines) is 1. The van der Waals surface area contributed by atoms with E-state index in [2.05, 4.69) is 57.8 Å². The van der Waals surface area contributed by atoms with Crippen molar-refractivity contribution in [3.8, 4) is 0 Å². The van der Waals surface area contributed by atoms with E-state index in [-0.39, 0.29) is 24.0 Å². The number of rotatable bonds is 7. The molecular weight excluding hydrogens is 443 g/mol. The molecule has 6 heteroatoms. The van der Waals surface area contributed by atoms with E-state index in [1.165, 1.54) is 43.8 Å². The van der Waals surface area contributed by atoms with Crippen LogP contribution in [0.3, 0.4) is 0 Å². The minimum Gasteiger partial charge on any atom is -0.356 e. The molecule has 0 bridgehead atoms. The van der Waals surface area contributed by atoms with Gasteiger partial charge in [0.1, 0.15) is 0 Å². The van der Waals surface area contributed by atoms with Crippen molar-refractivity contribution in [1.82, 2.24) is 15.5 Å². The highest BCUT2D eigenvalue weighted by atomic mass is 127. The van der Waals surface area contributed by atoms with Gasteiger partial charge in [-0.3, -0.25) is 4.99 Å². The summed E-state index contributed by atoms with van der Waals surface area (Å²) in [4.78, 5) is 8.29. The molecule has 1 heterocycles. The normalized spacial score (nSPS) is 22.3. The number of hydrogen-bond acceptors (Lipinski definition) is 3. The molecule has 1 aliphatic heterocycles. The number of nitrogens with one attached hydrogen (secondary N) is 2. The van der Waals surface area contributed by atoms with Gasteiger partial charge in [-0.25, -0.2) is 0 Å². The van der Waals surface area contributed by atoms with Gasteiger partial charge < -0.3 is 15.5 Å². The van der Waals surface area contributed by atoms with Crippen LogP contribution >= 0.6 is 35.7 Å². The topological polar surface area (TPSA) is 39.7 Å². The zero-order valence-electron chi connectivity index (χ0n) is 15.3. The molecule has 1 aliphatic carbocycles. The third-order valence-electron chi connectivity index (χ3n) is 5.06. The summed E-state index contributed by atoms with van der Waals surface area (Å²) in [6, 6.07) is 10.7. The summed E-state index contributed by atoms with van der Waals surface area (Å²) in [6.45, 7) is 7.88. The lowest BCUT2D eigenvalue weighted by Gasteiger charge is -2.20. The smallest absolute Gasteiger partial charge is 0.191 e. The fraction of sp³-hybridized carbons (Fsp3) is 0.632. The molecule has 2 aliphatic rings. The van der Waals surface area contributed by atoms with Crippen LogP contribution in [0, 0.1) is 5.92 Å². The molecule has 0 aromatic heterocycles. The van der Waals surface area contributed by atoms with Crippen LogP contribution in [0.2, 0.25) is 0 Å². The number of guanidine groups is 1. The second-order valence-corrected chi connectivity index (χ2v) is 8.49. The second kappa shape index (κ2) is 10.0. The van der Waals surface area contributed by atoms with Crippen LogP contribution in [0.15, 0.2) is 40.2 Å². The van der Waals surface area contributed by atoms with E-state index in [1.807, 2.05) is 18.8 Å². The number of hydrogen-bond donors (Lipinski definition) is 2. The first-order valence-corrected chi connectivity index (χ1v) is 9.95. The molecule has 3 rings (SSSR count). The van der Waals surface area contributed by atoms with Crippen molar-refractivity contribution < 1.29 is 0 Å². The van der Waals surface area contributed by atoms with Crippen molar-refractivity contribution >= 4 is 41.7 Å². The number of nitrogens with zero attached hydrogens (tertiary/aromatic N) is 2. The Labute approximate surface area is 173 Å². The number of benzene rings is 1. The van der Waals surface area contributed by atoms with Crippen LogP contribution in [0.5, 0.6) is 0 Å². The lowest BCUT2D eigenvalue weighted by Crippen LogP contribution is -2.43. The maximum atomic E-state index is 4.40. The molecule has 1 aromatic rings. The molecule has 1 saturated heterocycles. The van der Waals surface area contributed by atoms with Crippen LogP contribution in [0.1, 0.15) is 26.2 Å². The van der Waals surface area contributed by atoms with Crippen LogP contribution in [0.25, 0.3) is 0 Å². The van der Waals surface area contributed by atoms with Gasteiger partial charge >= 0.3 is 0 Å². The quantitative estimate of drug-likeness (QED) is 0.361. The van der Waals surface area contributed by atoms with E-state index in [9.17, 15) is 0 Å². The van der Waals surface area contributed by atoms with Gasteiger partial charge in [0.05, 0.1) is 0 Å². The van der Waals surface area contributed by atoms with Gasteiger partial charge in [-0.2, -0.15) is 0 Å². The molecule has 25 heavy (non-hydrogen) atoms. The Morgan fingerprint density at radius 1 is 1.28 bits per heavy atom. The molecule has 0 radical (unpaired) electrons. The predicted octanol–water partition coefficient (Wildman–Crippen LogP) is 3.44. The van der Waals surface area contributed by atoms with Gasteiger partial charge in [0.25, 0.3) is 0 Å². The third kappa shape index (κ3) is 6.32. The largest absolute Gasteiger partial charge is 0.356 e. The summed E-state index contributed by atoms with van der Waals surface area (Å²) in [5.41, 5.74) is 0. The maximum absolute atomic E-state index is 4.40. The molecule has 2 fully saturated rings. The highest BCUT2D eigenvalue weighted by Crippen LogP contribution is 2.51. The second-order valence-electron chi connectivity index (χ2n) is 6.95. The fourth-order valence-corrected chi connectivity index (χ4v) is 4.51. The summed E-state index contributed by atoms with van der Waals surface area (Å²) >= 11 is 2.00. The van der Waals surface area contributed by atoms with E-state index in [1.54, 1.807) is 0 Å². The number of aliphatic imine (C=N–C) groups is 1. The Morgan fingerprint density at radius 3 is 2.64 bits per heavy atom. The van der Waals surface area contributed by atoms with Crippen molar-refractivity contribution in [3.63, 3.8) is 0 Å². The maximum Gasteiger partial charge on any atom is 0.191 e. The summed E-state index contributed by atoms with van der Waals surface area (Å²) in [6.07, 6.45) is 3.86. The average Bonchev–Trinajstić information content (AvgIpc) is 3.21. The van der Waals surface area contributed by atoms with Crippen LogP contribution < -0.4 is 10.6 Å². The van der Waals surface area contributed by atoms with Crippen molar-refractivity contribution in [2.24, 2.45) is 10.9 Å². The minimum atomic E-state index is 0. The van der Waals surface area contributed by atoms with Gasteiger partial charge in [0, 0.05) is 36.3 Å². The fourth-order valence-electron chi connectivity index (χ4n) is 3.27. The molecule has 0 amide bonds. The summed E-state index contributed by atoms with van der Waals surface area (Å²) in [5, 5.41) is 7.07. The molecular formula is C19H31IN4S. The van der Waals surface area contributed by atoms with E-state index in [4.69, 9.17) is 0 Å². The summed E-state index contributed by atoms with van der Waals surface area (Å²) < 4.78 is 0.353. The van der Waals surface area contributed by atoms with Gasteiger partial charge in [-0.1, -0.05) is 25.1 Å². The van der Waals surface area contributed by atoms with E-state index < -0.39 is 0 Å². The monoisotopic (exact) mass is 474 g/mol. The van der Waals surface area contributed by atoms with Crippen molar-refractivity contribution in [2.45, 2.75) is 35.8 Å². The summed E-state index contributed by atoms with van der Waals surface area (Å²) in [7, 11) is 1.87. The van der Waals surface area contributed by atoms with Gasteiger partial charge in [-0.15, -0.1) is 35.7 Å². The van der Waals surface area contributed by atoms with Crippen molar-refractivity contribution in [2.75, 3.05) is 39.8 Å². The van der Waals surface area contributed by atoms with Crippen LogP contribution in [-0.2, 0) is 0 Å². The Bertz CT molecular complexity index is 548. The molecule has 1 atom stereocenters. The highest BCUT2D eigenvalue weighted by molar-refractivity contribution is 14.0. The molecule has 0 spiro atoms. The molecule has 140 valence electrons. The first-order valence-electron chi connectivity index (χ1n) is 9.14. The minimum absolute atomic E-state index is 0. The lowest BCUT2D eigenvalue weighted by atomic mass is 10.1. The molecule has 2 N–H and O–H groups in total. The van der Waals surface area contributed by atoms with Gasteiger partial charge in [0.2, 0.25) is 0 Å². The average molecular weight is 474 g/mol. The lowest BCUT2D eigenvalue weighted by molar-refractivity contribution is 0.342. The van der Waals surface area contributed by atoms with Crippen molar-refractivity contribution in [3.05, 3.63) is 30.3 Å². The Balaban J connectivity index is 0.00000225. The molecule has 4 nitrogen and oxygen atoms in total. The molecule has 1 aromatic carbocycles. The van der Waals surface area contributed by atoms with E-state index in [0.29, 0.717) is 4.75 Å². The van der Waals surface area contributed by atoms with Crippen LogP contribution in [0.4, 0.5) is 0 Å². The summed E-state index contributed by atoms with van der Waals surface area (Å²) in [5.74, 6) is 1.70. The third-order valence-corrected chi connectivity index (χ3v) is 6.56. The number of thioether (sulfide) groups is 1. The highest BCUT2D eigenvalue weighted by Gasteiger charge is 2.43. The Kier molecular flexibility index (Phi) is 8.35. The first-order chi connectivity index (χ1) is 11.7. The van der Waals surface area contributed by atoms with E-state index in [0.717, 1.165) is 25.0 Å². The van der Waals surface area contributed by atoms with Crippen LogP contribution in [-0.4, -0.2) is 55.4 Å². The molecule has 1 saturated carbocycles. The first kappa shape index (κ1) is 20.8. The SMILES string of the molecule is CCN1CCC(CNC(=NC)NCC2(Sc3ccccc3)CC2)C1.I. The Hall–Kier alpha value is -0.470. The standard InChI is InChI=1S/C19H30N4S.HI/c1-3-23-12-9-16(14-23)13-21-18(20-2)22-15-19(10-11-19)24-17-7-5-4-6-8-17;/h4-8,16H,3,9-15H2,1-2H3,(H2,20,21,22);1H.